The first-order chi connectivity index (χ1) is 7.47. The molecule has 0 heterocycles. The quantitative estimate of drug-likeness (QED) is 0.902. The minimum absolute atomic E-state index is 0.0389. The summed E-state index contributed by atoms with van der Waals surface area (Å²) in [4.78, 5) is 11.9. The van der Waals surface area contributed by atoms with Crippen molar-refractivity contribution in [1.82, 2.24) is 0 Å². The van der Waals surface area contributed by atoms with Crippen LogP contribution in [-0.2, 0) is 4.79 Å². The van der Waals surface area contributed by atoms with Gasteiger partial charge in [-0.1, -0.05) is 43.1 Å². The van der Waals surface area contributed by atoms with Gasteiger partial charge in [0.2, 0.25) is 0 Å². The molecule has 0 saturated carbocycles. The second kappa shape index (κ2) is 5.67. The summed E-state index contributed by atoms with van der Waals surface area (Å²) in [5, 5.41) is 0.937. The highest BCUT2D eigenvalue weighted by Crippen LogP contribution is 2.27. The molecule has 1 unspecified atom stereocenters. The Morgan fingerprint density at radius 1 is 1.31 bits per heavy atom. The van der Waals surface area contributed by atoms with E-state index < -0.39 is 0 Å². The Morgan fingerprint density at radius 3 is 2.38 bits per heavy atom. The zero-order valence-electron chi connectivity index (χ0n) is 9.34. The van der Waals surface area contributed by atoms with E-state index in [1.54, 1.807) is 18.2 Å². The molecule has 0 aliphatic rings. The lowest BCUT2D eigenvalue weighted by Gasteiger charge is -2.16. The topological polar surface area (TPSA) is 43.1 Å². The Kier molecular flexibility index (Phi) is 4.78. The highest BCUT2D eigenvalue weighted by Gasteiger charge is 2.22. The van der Waals surface area contributed by atoms with Gasteiger partial charge in [0, 0.05) is 12.5 Å². The summed E-state index contributed by atoms with van der Waals surface area (Å²) in [5.74, 6) is -0.210. The molecule has 0 aliphatic heterocycles. The highest BCUT2D eigenvalue weighted by atomic mass is 35.5. The average molecular weight is 260 g/mol. The van der Waals surface area contributed by atoms with E-state index in [0.717, 1.165) is 5.56 Å². The summed E-state index contributed by atoms with van der Waals surface area (Å²) >= 11 is 11.7. The molecule has 2 N–H and O–H groups in total. The van der Waals surface area contributed by atoms with Crippen LogP contribution in [0.3, 0.4) is 0 Å². The highest BCUT2D eigenvalue weighted by molar-refractivity contribution is 6.42. The summed E-state index contributed by atoms with van der Waals surface area (Å²) in [6, 6.07) is 5.20. The molecule has 0 aliphatic carbocycles. The van der Waals surface area contributed by atoms with Gasteiger partial charge in [0.15, 0.2) is 0 Å². The largest absolute Gasteiger partial charge is 0.329 e. The Bertz CT molecular complexity index is 391. The van der Waals surface area contributed by atoms with Crippen LogP contribution < -0.4 is 5.73 Å². The molecule has 88 valence electrons. The Balaban J connectivity index is 3.04. The van der Waals surface area contributed by atoms with Crippen LogP contribution in [0.5, 0.6) is 0 Å². The van der Waals surface area contributed by atoms with Gasteiger partial charge in [-0.05, 0) is 17.7 Å². The van der Waals surface area contributed by atoms with Gasteiger partial charge in [0.1, 0.15) is 5.78 Å². The van der Waals surface area contributed by atoms with Crippen LogP contribution in [0.1, 0.15) is 25.3 Å². The number of ketones is 1. The van der Waals surface area contributed by atoms with Gasteiger partial charge in [-0.15, -0.1) is 0 Å². The Morgan fingerprint density at radius 2 is 1.94 bits per heavy atom. The molecule has 1 atom stereocenters. The van der Waals surface area contributed by atoms with Gasteiger partial charge >= 0.3 is 0 Å². The maximum Gasteiger partial charge on any atom is 0.144 e. The van der Waals surface area contributed by atoms with Gasteiger partial charge < -0.3 is 5.73 Å². The van der Waals surface area contributed by atoms with E-state index in [4.69, 9.17) is 28.9 Å². The first-order valence-electron chi connectivity index (χ1n) is 5.16. The van der Waals surface area contributed by atoms with Crippen molar-refractivity contribution in [3.63, 3.8) is 0 Å². The number of carbonyl (C=O) groups is 1. The monoisotopic (exact) mass is 259 g/mol. The summed E-state index contributed by atoms with van der Waals surface area (Å²) in [6.45, 7) is 4.01. The van der Waals surface area contributed by atoms with Gasteiger partial charge in [0.05, 0.1) is 16.0 Å². The first-order valence-corrected chi connectivity index (χ1v) is 5.91. The predicted molar refractivity (Wildman–Crippen MR) is 68.1 cm³/mol. The Labute approximate surface area is 106 Å². The fourth-order valence-electron chi connectivity index (χ4n) is 1.55. The van der Waals surface area contributed by atoms with Crippen LogP contribution in [0.25, 0.3) is 0 Å². The van der Waals surface area contributed by atoms with Crippen LogP contribution in [0.2, 0.25) is 10.0 Å². The lowest BCUT2D eigenvalue weighted by atomic mass is 9.89. The molecular formula is C12H15Cl2NO. The number of hydrogen-bond donors (Lipinski definition) is 1. The van der Waals surface area contributed by atoms with Crippen LogP contribution in [-0.4, -0.2) is 12.3 Å². The molecular weight excluding hydrogens is 245 g/mol. The maximum atomic E-state index is 11.9. The standard InChI is InChI=1S/C12H15Cl2NO/c1-7(2)12(16)9(6-15)8-3-4-10(13)11(14)5-8/h3-5,7,9H,6,15H2,1-2H3. The third kappa shape index (κ3) is 2.97. The molecule has 1 rings (SSSR count). The maximum absolute atomic E-state index is 11.9. The number of rotatable bonds is 4. The van der Waals surface area contributed by atoms with Gasteiger partial charge in [-0.3, -0.25) is 4.79 Å². The van der Waals surface area contributed by atoms with Crippen LogP contribution in [0, 0.1) is 5.92 Å². The van der Waals surface area contributed by atoms with Crippen molar-refractivity contribution >= 4 is 29.0 Å². The molecule has 1 aromatic carbocycles. The van der Waals surface area contributed by atoms with Crippen molar-refractivity contribution in [1.29, 1.82) is 0 Å². The van der Waals surface area contributed by atoms with Gasteiger partial charge in [-0.25, -0.2) is 0 Å². The molecule has 1 aromatic rings. The second-order valence-electron chi connectivity index (χ2n) is 4.02. The fourth-order valence-corrected chi connectivity index (χ4v) is 1.85. The molecule has 0 fully saturated rings. The number of nitrogens with two attached hydrogens (primary N) is 1. The van der Waals surface area contributed by atoms with Crippen LogP contribution >= 0.6 is 23.2 Å². The normalized spacial score (nSPS) is 12.9. The van der Waals surface area contributed by atoms with Crippen LogP contribution in [0.15, 0.2) is 18.2 Å². The number of halogens is 2. The predicted octanol–water partition coefficient (Wildman–Crippen LogP) is 3.26. The molecule has 16 heavy (non-hydrogen) atoms. The minimum atomic E-state index is -0.297. The fraction of sp³-hybridized carbons (Fsp3) is 0.417. The van der Waals surface area contributed by atoms with Crippen molar-refractivity contribution in [2.45, 2.75) is 19.8 Å². The van der Waals surface area contributed by atoms with Gasteiger partial charge in [0.25, 0.3) is 0 Å². The van der Waals surface area contributed by atoms with Crippen molar-refractivity contribution in [2.75, 3.05) is 6.54 Å². The summed E-state index contributed by atoms with van der Waals surface area (Å²) in [6.07, 6.45) is 0. The van der Waals surface area contributed by atoms with E-state index in [1.165, 1.54) is 0 Å². The lowest BCUT2D eigenvalue weighted by Crippen LogP contribution is -2.25. The first kappa shape index (κ1) is 13.5. The summed E-state index contributed by atoms with van der Waals surface area (Å²) in [5.41, 5.74) is 6.46. The van der Waals surface area contributed by atoms with Crippen molar-refractivity contribution < 1.29 is 4.79 Å². The number of Topliss-reactive ketones (excluding diaryl/α,β-unsaturated/α-hetero) is 1. The number of hydrogen-bond acceptors (Lipinski definition) is 2. The summed E-state index contributed by atoms with van der Waals surface area (Å²) < 4.78 is 0. The zero-order chi connectivity index (χ0) is 12.3. The summed E-state index contributed by atoms with van der Waals surface area (Å²) in [7, 11) is 0. The molecule has 4 heteroatoms. The molecule has 0 radical (unpaired) electrons. The van der Waals surface area contributed by atoms with Crippen molar-refractivity contribution in [3.8, 4) is 0 Å². The van der Waals surface area contributed by atoms with Crippen molar-refractivity contribution in [2.24, 2.45) is 11.7 Å². The number of benzene rings is 1. The molecule has 0 spiro atoms. The van der Waals surface area contributed by atoms with E-state index >= 15 is 0 Å². The van der Waals surface area contributed by atoms with E-state index in [0.29, 0.717) is 10.0 Å². The van der Waals surface area contributed by atoms with E-state index in [2.05, 4.69) is 0 Å². The van der Waals surface area contributed by atoms with E-state index in [1.807, 2.05) is 13.8 Å². The zero-order valence-corrected chi connectivity index (χ0v) is 10.8. The minimum Gasteiger partial charge on any atom is -0.329 e. The lowest BCUT2D eigenvalue weighted by molar-refractivity contribution is -0.123. The van der Waals surface area contributed by atoms with Crippen molar-refractivity contribution in [3.05, 3.63) is 33.8 Å². The van der Waals surface area contributed by atoms with E-state index in [-0.39, 0.29) is 24.2 Å². The van der Waals surface area contributed by atoms with Crippen LogP contribution in [0.4, 0.5) is 0 Å². The third-order valence-corrected chi connectivity index (χ3v) is 3.23. The van der Waals surface area contributed by atoms with E-state index in [9.17, 15) is 4.79 Å². The Hall–Kier alpha value is -0.570. The SMILES string of the molecule is CC(C)C(=O)C(CN)c1ccc(Cl)c(Cl)c1. The number of carbonyl (C=O) groups excluding carboxylic acids is 1. The third-order valence-electron chi connectivity index (χ3n) is 2.49. The average Bonchev–Trinajstić information content (AvgIpc) is 2.24. The smallest absolute Gasteiger partial charge is 0.144 e. The second-order valence-corrected chi connectivity index (χ2v) is 4.83. The molecule has 2 nitrogen and oxygen atoms in total. The van der Waals surface area contributed by atoms with Gasteiger partial charge in [-0.2, -0.15) is 0 Å². The molecule has 0 amide bonds. The molecule has 0 bridgehead atoms. The molecule has 0 aromatic heterocycles. The molecule has 0 saturated heterocycles.